The van der Waals surface area contributed by atoms with Gasteiger partial charge in [0, 0.05) is 30.6 Å². The normalized spacial score (nSPS) is 27.9. The molecule has 3 heteroatoms. The molecule has 1 N–H and O–H groups in total. The van der Waals surface area contributed by atoms with Crippen LogP contribution in [0.4, 0.5) is 0 Å². The Labute approximate surface area is 120 Å². The van der Waals surface area contributed by atoms with Crippen LogP contribution in [0.25, 0.3) is 10.9 Å². The van der Waals surface area contributed by atoms with E-state index < -0.39 is 5.60 Å². The minimum Gasteiger partial charge on any atom is -0.389 e. The number of aromatic nitrogens is 1. The van der Waals surface area contributed by atoms with Gasteiger partial charge in [0.1, 0.15) is 0 Å². The molecule has 0 radical (unpaired) electrons. The fraction of sp³-hybridized carbons (Fsp3) is 0.471. The largest absolute Gasteiger partial charge is 0.389 e. The van der Waals surface area contributed by atoms with Gasteiger partial charge in [-0.15, -0.1) is 0 Å². The molecule has 3 rings (SSSR count). The molecule has 0 saturated carbocycles. The standard InChI is InChI=1S/C17H22N2O/c1-13-11-17(20,8-10-19(13)2)12-14-7-9-18-16-6-4-3-5-15(14)16/h3-7,9,13,20H,8,10-12H2,1-2H3. The Bertz CT molecular complexity index is 607. The molecule has 106 valence electrons. The summed E-state index contributed by atoms with van der Waals surface area (Å²) in [4.78, 5) is 6.71. The summed E-state index contributed by atoms with van der Waals surface area (Å²) in [5.74, 6) is 0. The van der Waals surface area contributed by atoms with Gasteiger partial charge in [0.2, 0.25) is 0 Å². The molecule has 1 aliphatic rings. The quantitative estimate of drug-likeness (QED) is 0.911. The van der Waals surface area contributed by atoms with E-state index in [1.807, 2.05) is 30.5 Å². The first-order valence-corrected chi connectivity index (χ1v) is 7.33. The molecule has 3 nitrogen and oxygen atoms in total. The summed E-state index contributed by atoms with van der Waals surface area (Å²) in [7, 11) is 2.13. The number of piperidine rings is 1. The van der Waals surface area contributed by atoms with Crippen molar-refractivity contribution in [1.29, 1.82) is 0 Å². The number of likely N-dealkylation sites (tertiary alicyclic amines) is 1. The third-order valence-corrected chi connectivity index (χ3v) is 4.62. The van der Waals surface area contributed by atoms with Crippen molar-refractivity contribution in [2.45, 2.75) is 37.8 Å². The van der Waals surface area contributed by atoms with E-state index in [0.29, 0.717) is 12.5 Å². The van der Waals surface area contributed by atoms with Crippen molar-refractivity contribution in [3.63, 3.8) is 0 Å². The summed E-state index contributed by atoms with van der Waals surface area (Å²) >= 11 is 0. The number of benzene rings is 1. The minimum absolute atomic E-state index is 0.432. The van der Waals surface area contributed by atoms with E-state index in [1.54, 1.807) is 0 Å². The average Bonchev–Trinajstić information content (AvgIpc) is 2.44. The lowest BCUT2D eigenvalue weighted by atomic mass is 9.82. The van der Waals surface area contributed by atoms with Crippen LogP contribution in [-0.2, 0) is 6.42 Å². The number of pyridine rings is 1. The van der Waals surface area contributed by atoms with Crippen LogP contribution in [0.5, 0.6) is 0 Å². The Morgan fingerprint density at radius 2 is 2.15 bits per heavy atom. The topological polar surface area (TPSA) is 36.4 Å². The highest BCUT2D eigenvalue weighted by Gasteiger charge is 2.35. The number of rotatable bonds is 2. The van der Waals surface area contributed by atoms with E-state index in [4.69, 9.17) is 0 Å². The van der Waals surface area contributed by atoms with E-state index in [9.17, 15) is 5.11 Å². The van der Waals surface area contributed by atoms with Crippen LogP contribution in [0.15, 0.2) is 36.5 Å². The number of hydrogen-bond donors (Lipinski definition) is 1. The monoisotopic (exact) mass is 270 g/mol. The lowest BCUT2D eigenvalue weighted by Gasteiger charge is -2.41. The lowest BCUT2D eigenvalue weighted by Crippen LogP contribution is -2.48. The average molecular weight is 270 g/mol. The molecule has 2 atom stereocenters. The van der Waals surface area contributed by atoms with Crippen LogP contribution in [0.1, 0.15) is 25.3 Å². The zero-order valence-electron chi connectivity index (χ0n) is 12.2. The maximum Gasteiger partial charge on any atom is 0.0715 e. The second kappa shape index (κ2) is 5.15. The first-order chi connectivity index (χ1) is 9.57. The number of aliphatic hydroxyl groups is 1. The molecular weight excluding hydrogens is 248 g/mol. The molecule has 1 saturated heterocycles. The van der Waals surface area contributed by atoms with E-state index >= 15 is 0 Å². The van der Waals surface area contributed by atoms with Crippen LogP contribution in [0.2, 0.25) is 0 Å². The zero-order chi connectivity index (χ0) is 14.2. The molecule has 1 aromatic heterocycles. The van der Waals surface area contributed by atoms with Crippen molar-refractivity contribution in [1.82, 2.24) is 9.88 Å². The van der Waals surface area contributed by atoms with Gasteiger partial charge < -0.3 is 10.0 Å². The smallest absolute Gasteiger partial charge is 0.0715 e. The van der Waals surface area contributed by atoms with Gasteiger partial charge in [0.25, 0.3) is 0 Å². The van der Waals surface area contributed by atoms with Gasteiger partial charge in [-0.1, -0.05) is 18.2 Å². The zero-order valence-corrected chi connectivity index (χ0v) is 12.2. The first-order valence-electron chi connectivity index (χ1n) is 7.33. The maximum absolute atomic E-state index is 10.9. The van der Waals surface area contributed by atoms with Crippen LogP contribution >= 0.6 is 0 Å². The molecule has 2 aromatic rings. The van der Waals surface area contributed by atoms with Crippen molar-refractivity contribution in [3.05, 3.63) is 42.1 Å². The summed E-state index contributed by atoms with van der Waals surface area (Å²) in [6.45, 7) is 3.15. The number of para-hydroxylation sites is 1. The van der Waals surface area contributed by atoms with Crippen LogP contribution in [0.3, 0.4) is 0 Å². The maximum atomic E-state index is 10.9. The van der Waals surface area contributed by atoms with Gasteiger partial charge >= 0.3 is 0 Å². The van der Waals surface area contributed by atoms with Crippen LogP contribution in [-0.4, -0.2) is 40.2 Å². The van der Waals surface area contributed by atoms with Crippen molar-refractivity contribution in [2.75, 3.05) is 13.6 Å². The number of hydrogen-bond acceptors (Lipinski definition) is 3. The van der Waals surface area contributed by atoms with Gasteiger partial charge in [-0.25, -0.2) is 0 Å². The predicted octanol–water partition coefficient (Wildman–Crippen LogP) is 2.62. The van der Waals surface area contributed by atoms with Gasteiger partial charge in [-0.2, -0.15) is 0 Å². The molecule has 0 amide bonds. The minimum atomic E-state index is -0.587. The molecule has 1 fully saturated rings. The molecule has 2 heterocycles. The highest BCUT2D eigenvalue weighted by atomic mass is 16.3. The summed E-state index contributed by atoms with van der Waals surface area (Å²) in [5, 5.41) is 12.1. The van der Waals surface area contributed by atoms with E-state index in [-0.39, 0.29) is 0 Å². The first kappa shape index (κ1) is 13.5. The number of nitrogens with zero attached hydrogens (tertiary/aromatic N) is 2. The SMILES string of the molecule is CC1CC(O)(Cc2ccnc3ccccc23)CCN1C. The van der Waals surface area contributed by atoms with Gasteiger partial charge in [-0.05, 0) is 44.5 Å². The fourth-order valence-electron chi connectivity index (χ4n) is 3.24. The third-order valence-electron chi connectivity index (χ3n) is 4.62. The highest BCUT2D eigenvalue weighted by molar-refractivity contribution is 5.81. The third kappa shape index (κ3) is 2.56. The Morgan fingerprint density at radius 3 is 2.95 bits per heavy atom. The van der Waals surface area contributed by atoms with E-state index in [1.165, 1.54) is 5.56 Å². The van der Waals surface area contributed by atoms with Gasteiger partial charge in [-0.3, -0.25) is 4.98 Å². The van der Waals surface area contributed by atoms with Gasteiger partial charge in [0.05, 0.1) is 11.1 Å². The van der Waals surface area contributed by atoms with Gasteiger partial charge in [0.15, 0.2) is 0 Å². The highest BCUT2D eigenvalue weighted by Crippen LogP contribution is 2.31. The molecule has 20 heavy (non-hydrogen) atoms. The Hall–Kier alpha value is -1.45. The summed E-state index contributed by atoms with van der Waals surface area (Å²) in [6.07, 6.45) is 4.23. The molecule has 0 aliphatic carbocycles. The molecule has 0 spiro atoms. The molecule has 0 bridgehead atoms. The Kier molecular flexibility index (Phi) is 3.48. The van der Waals surface area contributed by atoms with Crippen LogP contribution < -0.4 is 0 Å². The summed E-state index contributed by atoms with van der Waals surface area (Å²) in [6, 6.07) is 10.6. The molecule has 1 aliphatic heterocycles. The van der Waals surface area contributed by atoms with Crippen LogP contribution in [0, 0.1) is 0 Å². The van der Waals surface area contributed by atoms with E-state index in [2.05, 4.69) is 29.9 Å². The summed E-state index contributed by atoms with van der Waals surface area (Å²) < 4.78 is 0. The number of fused-ring (bicyclic) bond motifs is 1. The molecule has 2 unspecified atom stereocenters. The van der Waals surface area contributed by atoms with Crippen molar-refractivity contribution >= 4 is 10.9 Å². The predicted molar refractivity (Wildman–Crippen MR) is 81.7 cm³/mol. The summed E-state index contributed by atoms with van der Waals surface area (Å²) in [5.41, 5.74) is 1.63. The fourth-order valence-corrected chi connectivity index (χ4v) is 3.24. The van der Waals surface area contributed by atoms with Crippen molar-refractivity contribution in [3.8, 4) is 0 Å². The Balaban J connectivity index is 1.89. The Morgan fingerprint density at radius 1 is 1.35 bits per heavy atom. The van der Waals surface area contributed by atoms with Crippen molar-refractivity contribution in [2.24, 2.45) is 0 Å². The van der Waals surface area contributed by atoms with Crippen molar-refractivity contribution < 1.29 is 5.11 Å². The second-order valence-electron chi connectivity index (χ2n) is 6.17. The molecular formula is C17H22N2O. The molecule has 1 aromatic carbocycles. The second-order valence-corrected chi connectivity index (χ2v) is 6.17. The lowest BCUT2D eigenvalue weighted by molar-refractivity contribution is -0.0351. The van der Waals surface area contributed by atoms with E-state index in [0.717, 1.165) is 30.3 Å².